The molecule has 1 heterocycles. The summed E-state index contributed by atoms with van der Waals surface area (Å²) in [6, 6.07) is 9.81. The van der Waals surface area contributed by atoms with Gasteiger partial charge in [-0.25, -0.2) is 0 Å². The van der Waals surface area contributed by atoms with Gasteiger partial charge in [-0.05, 0) is 19.4 Å². The molecule has 0 N–H and O–H groups in total. The average molecular weight is 243 g/mol. The minimum absolute atomic E-state index is 0.147. The fraction of sp³-hybridized carbons (Fsp3) is 0.357. The van der Waals surface area contributed by atoms with Gasteiger partial charge in [0.25, 0.3) is 0 Å². The predicted molar refractivity (Wildman–Crippen MR) is 69.2 cm³/mol. The zero-order chi connectivity index (χ0) is 13.2. The second kappa shape index (κ2) is 4.72. The van der Waals surface area contributed by atoms with E-state index in [9.17, 15) is 4.79 Å². The van der Waals surface area contributed by atoms with E-state index in [0.717, 1.165) is 5.56 Å². The number of nitrogens with zero attached hydrogens (tertiary/aromatic N) is 3. The first kappa shape index (κ1) is 12.5. The zero-order valence-electron chi connectivity index (χ0n) is 10.9. The third kappa shape index (κ3) is 2.47. The first-order chi connectivity index (χ1) is 8.50. The molecule has 94 valence electrons. The summed E-state index contributed by atoms with van der Waals surface area (Å²) in [5.74, 6) is 0.147. The normalized spacial score (nSPS) is 11.5. The molecule has 0 aliphatic heterocycles. The molecule has 0 spiro atoms. The average Bonchev–Trinajstić information content (AvgIpc) is 2.76. The van der Waals surface area contributed by atoms with Gasteiger partial charge in [0, 0.05) is 18.7 Å². The number of carbonyl (C=O) groups excluding carboxylic acids is 1. The van der Waals surface area contributed by atoms with Crippen LogP contribution in [0.25, 0.3) is 0 Å². The van der Waals surface area contributed by atoms with E-state index in [1.807, 2.05) is 44.2 Å². The summed E-state index contributed by atoms with van der Waals surface area (Å²) in [4.78, 5) is 12.4. The van der Waals surface area contributed by atoms with Gasteiger partial charge in [0.15, 0.2) is 0 Å². The van der Waals surface area contributed by atoms with Gasteiger partial charge in [-0.1, -0.05) is 35.5 Å². The first-order valence-electron chi connectivity index (χ1n) is 5.94. The second-order valence-corrected chi connectivity index (χ2v) is 4.97. The van der Waals surface area contributed by atoms with Crippen molar-refractivity contribution in [2.24, 2.45) is 7.05 Å². The minimum Gasteiger partial charge on any atom is -0.298 e. The summed E-state index contributed by atoms with van der Waals surface area (Å²) in [5, 5.41) is 7.79. The maximum absolute atomic E-state index is 12.4. The third-order valence-electron chi connectivity index (χ3n) is 3.18. The number of Topliss-reactive ketones (excluding diaryl/α,β-unsaturated/α-hetero) is 1. The van der Waals surface area contributed by atoms with Crippen LogP contribution in [0.2, 0.25) is 0 Å². The van der Waals surface area contributed by atoms with Crippen molar-refractivity contribution in [3.05, 3.63) is 47.8 Å². The number of benzene rings is 1. The Hall–Kier alpha value is -1.97. The molecule has 0 aliphatic rings. The van der Waals surface area contributed by atoms with Gasteiger partial charge in [-0.2, -0.15) is 0 Å². The first-order valence-corrected chi connectivity index (χ1v) is 5.94. The van der Waals surface area contributed by atoms with Gasteiger partial charge in [0.05, 0.1) is 12.1 Å². The molecule has 0 aliphatic carbocycles. The number of ketones is 1. The van der Waals surface area contributed by atoms with Crippen LogP contribution in [0.3, 0.4) is 0 Å². The van der Waals surface area contributed by atoms with E-state index in [4.69, 9.17) is 0 Å². The second-order valence-electron chi connectivity index (χ2n) is 4.97. The van der Waals surface area contributed by atoms with Crippen molar-refractivity contribution in [3.8, 4) is 0 Å². The Labute approximate surface area is 107 Å². The molecule has 1 aromatic carbocycles. The standard InChI is InChI=1S/C14H17N3O/c1-14(2,11-7-5-4-6-8-11)13(18)9-12-10-17(3)16-15-12/h4-8,10H,9H2,1-3H3. The van der Waals surface area contributed by atoms with Gasteiger partial charge in [0.2, 0.25) is 0 Å². The molecule has 4 nitrogen and oxygen atoms in total. The Bertz CT molecular complexity index is 543. The molecule has 0 atom stereocenters. The molecular weight excluding hydrogens is 226 g/mol. The molecule has 1 aromatic heterocycles. The monoisotopic (exact) mass is 243 g/mol. The van der Waals surface area contributed by atoms with Crippen LogP contribution >= 0.6 is 0 Å². The largest absolute Gasteiger partial charge is 0.298 e. The molecule has 0 radical (unpaired) electrons. The van der Waals surface area contributed by atoms with Crippen molar-refractivity contribution in [1.29, 1.82) is 0 Å². The highest BCUT2D eigenvalue weighted by molar-refractivity contribution is 5.90. The van der Waals surface area contributed by atoms with Crippen molar-refractivity contribution in [2.75, 3.05) is 0 Å². The molecule has 0 fully saturated rings. The van der Waals surface area contributed by atoms with Crippen LogP contribution in [0, 0.1) is 0 Å². The van der Waals surface area contributed by atoms with E-state index in [1.54, 1.807) is 17.9 Å². The van der Waals surface area contributed by atoms with E-state index >= 15 is 0 Å². The Morgan fingerprint density at radius 1 is 1.28 bits per heavy atom. The third-order valence-corrected chi connectivity index (χ3v) is 3.18. The molecule has 0 unspecified atom stereocenters. The summed E-state index contributed by atoms with van der Waals surface area (Å²) in [5.41, 5.74) is 1.24. The number of aryl methyl sites for hydroxylation is 1. The van der Waals surface area contributed by atoms with Crippen LogP contribution in [0.4, 0.5) is 0 Å². The number of aromatic nitrogens is 3. The van der Waals surface area contributed by atoms with Crippen molar-refractivity contribution in [2.45, 2.75) is 25.7 Å². The summed E-state index contributed by atoms with van der Waals surface area (Å²) in [7, 11) is 1.79. The van der Waals surface area contributed by atoms with Gasteiger partial charge >= 0.3 is 0 Å². The van der Waals surface area contributed by atoms with Crippen molar-refractivity contribution in [1.82, 2.24) is 15.0 Å². The lowest BCUT2D eigenvalue weighted by Gasteiger charge is -2.23. The lowest BCUT2D eigenvalue weighted by atomic mass is 9.79. The van der Waals surface area contributed by atoms with E-state index in [1.165, 1.54) is 0 Å². The fourth-order valence-electron chi connectivity index (χ4n) is 1.88. The van der Waals surface area contributed by atoms with Gasteiger partial charge < -0.3 is 0 Å². The lowest BCUT2D eigenvalue weighted by Crippen LogP contribution is -2.30. The highest BCUT2D eigenvalue weighted by Crippen LogP contribution is 2.25. The zero-order valence-corrected chi connectivity index (χ0v) is 10.9. The molecule has 4 heteroatoms. The van der Waals surface area contributed by atoms with Crippen LogP contribution < -0.4 is 0 Å². The van der Waals surface area contributed by atoms with Gasteiger partial charge in [0.1, 0.15) is 5.78 Å². The molecule has 0 amide bonds. The Kier molecular flexibility index (Phi) is 3.28. The molecule has 0 saturated carbocycles. The van der Waals surface area contributed by atoms with Crippen LogP contribution in [0.5, 0.6) is 0 Å². The van der Waals surface area contributed by atoms with Gasteiger partial charge in [-0.3, -0.25) is 9.48 Å². The molecule has 0 bridgehead atoms. The van der Waals surface area contributed by atoms with E-state index in [0.29, 0.717) is 12.1 Å². The van der Waals surface area contributed by atoms with E-state index in [-0.39, 0.29) is 5.78 Å². The van der Waals surface area contributed by atoms with Gasteiger partial charge in [-0.15, -0.1) is 5.10 Å². The van der Waals surface area contributed by atoms with Crippen LogP contribution in [-0.2, 0) is 23.7 Å². The summed E-state index contributed by atoms with van der Waals surface area (Å²) in [6.07, 6.45) is 2.09. The van der Waals surface area contributed by atoms with E-state index < -0.39 is 5.41 Å². The molecule has 0 saturated heterocycles. The number of carbonyl (C=O) groups is 1. The smallest absolute Gasteiger partial charge is 0.148 e. The quantitative estimate of drug-likeness (QED) is 0.824. The molecule has 2 aromatic rings. The topological polar surface area (TPSA) is 47.8 Å². The number of hydrogen-bond acceptors (Lipinski definition) is 3. The van der Waals surface area contributed by atoms with Crippen molar-refractivity contribution < 1.29 is 4.79 Å². The molecule has 18 heavy (non-hydrogen) atoms. The van der Waals surface area contributed by atoms with Crippen molar-refractivity contribution in [3.63, 3.8) is 0 Å². The van der Waals surface area contributed by atoms with Crippen LogP contribution in [0.15, 0.2) is 36.5 Å². The van der Waals surface area contributed by atoms with Crippen LogP contribution in [0.1, 0.15) is 25.1 Å². The fourth-order valence-corrected chi connectivity index (χ4v) is 1.88. The SMILES string of the molecule is Cn1cc(CC(=O)C(C)(C)c2ccccc2)nn1. The highest BCUT2D eigenvalue weighted by atomic mass is 16.1. The number of hydrogen-bond donors (Lipinski definition) is 0. The molecule has 2 rings (SSSR count). The predicted octanol–water partition coefficient (Wildman–Crippen LogP) is 1.90. The summed E-state index contributed by atoms with van der Waals surface area (Å²) < 4.78 is 1.61. The Morgan fingerprint density at radius 3 is 2.50 bits per heavy atom. The lowest BCUT2D eigenvalue weighted by molar-refractivity contribution is -0.122. The molecular formula is C14H17N3O. The maximum Gasteiger partial charge on any atom is 0.148 e. The van der Waals surface area contributed by atoms with Crippen LogP contribution in [-0.4, -0.2) is 20.8 Å². The van der Waals surface area contributed by atoms with E-state index in [2.05, 4.69) is 10.3 Å². The number of rotatable bonds is 4. The van der Waals surface area contributed by atoms with Crippen molar-refractivity contribution >= 4 is 5.78 Å². The maximum atomic E-state index is 12.4. The summed E-state index contributed by atoms with van der Waals surface area (Å²) in [6.45, 7) is 3.89. The summed E-state index contributed by atoms with van der Waals surface area (Å²) >= 11 is 0. The Morgan fingerprint density at radius 2 is 1.94 bits per heavy atom. The minimum atomic E-state index is -0.501. The highest BCUT2D eigenvalue weighted by Gasteiger charge is 2.29. The Balaban J connectivity index is 2.18.